The lowest BCUT2D eigenvalue weighted by Crippen LogP contribution is -2.61. The van der Waals surface area contributed by atoms with Crippen LogP contribution in [0.2, 0.25) is 0 Å². The van der Waals surface area contributed by atoms with Gasteiger partial charge in [0.2, 0.25) is 0 Å². The van der Waals surface area contributed by atoms with Crippen LogP contribution >= 0.6 is 0 Å². The molecule has 0 amide bonds. The predicted molar refractivity (Wildman–Crippen MR) is 76.8 cm³/mol. The fraction of sp³-hybridized carbons (Fsp3) is 0.846. The normalized spacial score (nSPS) is 13.7. The summed E-state index contributed by atoms with van der Waals surface area (Å²) in [5.74, 6) is -4.95. The van der Waals surface area contributed by atoms with Gasteiger partial charge in [0, 0.05) is 6.61 Å². The largest absolute Gasteiger partial charge is 0.477 e. The summed E-state index contributed by atoms with van der Waals surface area (Å²) in [6, 6.07) is 0. The SMILES string of the molecule is CCOCCOCC(OC(N)(N)C(=O)O)C(=O)OC(C)(C)C. The molecule has 0 aromatic heterocycles. The van der Waals surface area contributed by atoms with Gasteiger partial charge in [0.25, 0.3) is 5.85 Å². The minimum Gasteiger partial charge on any atom is -0.477 e. The third-order valence-electron chi connectivity index (χ3n) is 2.19. The topological polar surface area (TPSA) is 143 Å². The Hall–Kier alpha value is -1.26. The molecule has 0 aromatic carbocycles. The van der Waals surface area contributed by atoms with Crippen molar-refractivity contribution in [1.29, 1.82) is 0 Å². The van der Waals surface area contributed by atoms with Crippen LogP contribution in [0.25, 0.3) is 0 Å². The first-order chi connectivity index (χ1) is 9.99. The van der Waals surface area contributed by atoms with Gasteiger partial charge < -0.3 is 24.1 Å². The van der Waals surface area contributed by atoms with Crippen LogP contribution in [0.3, 0.4) is 0 Å². The highest BCUT2D eigenvalue weighted by atomic mass is 16.6. The van der Waals surface area contributed by atoms with E-state index in [1.807, 2.05) is 6.92 Å². The second-order valence-corrected chi connectivity index (χ2v) is 5.51. The molecule has 0 spiro atoms. The predicted octanol–water partition coefficient (Wildman–Crippen LogP) is -0.578. The summed E-state index contributed by atoms with van der Waals surface area (Å²) in [6.07, 6.45) is -1.37. The maximum Gasteiger partial charge on any atom is 0.367 e. The Bertz CT molecular complexity index is 366. The summed E-state index contributed by atoms with van der Waals surface area (Å²) in [4.78, 5) is 22.9. The minimum atomic E-state index is -2.52. The van der Waals surface area contributed by atoms with Crippen molar-refractivity contribution in [1.82, 2.24) is 0 Å². The van der Waals surface area contributed by atoms with Gasteiger partial charge in [-0.05, 0) is 27.7 Å². The van der Waals surface area contributed by atoms with Crippen molar-refractivity contribution < 1.29 is 33.6 Å². The summed E-state index contributed by atoms with van der Waals surface area (Å²) in [6.45, 7) is 7.61. The number of aliphatic carboxylic acids is 1. The second-order valence-electron chi connectivity index (χ2n) is 5.51. The summed E-state index contributed by atoms with van der Waals surface area (Å²) < 4.78 is 20.3. The van der Waals surface area contributed by atoms with Crippen LogP contribution in [-0.4, -0.2) is 61.0 Å². The average molecular weight is 322 g/mol. The second kappa shape index (κ2) is 9.01. The Morgan fingerprint density at radius 2 is 1.68 bits per heavy atom. The molecule has 0 aliphatic rings. The molecule has 0 saturated carbocycles. The molecular weight excluding hydrogens is 296 g/mol. The number of carboxylic acids is 1. The summed E-state index contributed by atoms with van der Waals surface area (Å²) in [5.41, 5.74) is 9.79. The van der Waals surface area contributed by atoms with Gasteiger partial charge in [-0.3, -0.25) is 11.5 Å². The lowest BCUT2D eigenvalue weighted by Gasteiger charge is -2.28. The molecular formula is C13H26N2O7. The molecule has 0 aromatic rings. The maximum absolute atomic E-state index is 12.0. The number of ether oxygens (including phenoxy) is 4. The lowest BCUT2D eigenvalue weighted by atomic mass is 10.2. The van der Waals surface area contributed by atoms with Crippen molar-refractivity contribution in [2.45, 2.75) is 45.2 Å². The highest BCUT2D eigenvalue weighted by molar-refractivity contribution is 5.78. The molecule has 0 aliphatic carbocycles. The van der Waals surface area contributed by atoms with Crippen molar-refractivity contribution in [2.24, 2.45) is 11.5 Å². The van der Waals surface area contributed by atoms with E-state index in [1.54, 1.807) is 20.8 Å². The number of hydrogen-bond acceptors (Lipinski definition) is 8. The molecule has 5 N–H and O–H groups in total. The molecule has 0 saturated heterocycles. The monoisotopic (exact) mass is 322 g/mol. The van der Waals surface area contributed by atoms with Gasteiger partial charge in [0.05, 0.1) is 19.8 Å². The van der Waals surface area contributed by atoms with Crippen LogP contribution in [0.5, 0.6) is 0 Å². The molecule has 0 radical (unpaired) electrons. The summed E-state index contributed by atoms with van der Waals surface area (Å²) in [5, 5.41) is 8.86. The maximum atomic E-state index is 12.0. The van der Waals surface area contributed by atoms with Crippen LogP contribution < -0.4 is 11.5 Å². The van der Waals surface area contributed by atoms with Crippen LogP contribution in [-0.2, 0) is 28.5 Å². The van der Waals surface area contributed by atoms with Gasteiger partial charge in [0.1, 0.15) is 5.60 Å². The van der Waals surface area contributed by atoms with Crippen molar-refractivity contribution in [3.8, 4) is 0 Å². The van der Waals surface area contributed by atoms with Crippen molar-refractivity contribution in [3.05, 3.63) is 0 Å². The van der Waals surface area contributed by atoms with E-state index in [2.05, 4.69) is 0 Å². The van der Waals surface area contributed by atoms with E-state index in [-0.39, 0.29) is 13.2 Å². The smallest absolute Gasteiger partial charge is 0.367 e. The van der Waals surface area contributed by atoms with E-state index >= 15 is 0 Å². The number of rotatable bonds is 10. The third-order valence-corrected chi connectivity index (χ3v) is 2.19. The minimum absolute atomic E-state index is 0.200. The number of hydrogen-bond donors (Lipinski definition) is 3. The molecule has 1 atom stereocenters. The molecule has 9 nitrogen and oxygen atoms in total. The standard InChI is InChI=1S/C13H26N2O7/c1-5-19-6-7-20-8-9(10(16)22-12(2,3)4)21-13(14,15)11(17)18/h9H,5-8,14-15H2,1-4H3,(H,17,18). The molecule has 0 aliphatic heterocycles. The van der Waals surface area contributed by atoms with E-state index in [0.29, 0.717) is 13.2 Å². The molecule has 22 heavy (non-hydrogen) atoms. The number of esters is 1. The van der Waals surface area contributed by atoms with Crippen LogP contribution in [0.4, 0.5) is 0 Å². The fourth-order valence-corrected chi connectivity index (χ4v) is 1.26. The fourth-order valence-electron chi connectivity index (χ4n) is 1.26. The van der Waals surface area contributed by atoms with E-state index in [1.165, 1.54) is 0 Å². The third kappa shape index (κ3) is 8.90. The van der Waals surface area contributed by atoms with Gasteiger partial charge in [-0.2, -0.15) is 0 Å². The van der Waals surface area contributed by atoms with Crippen molar-refractivity contribution in [3.63, 3.8) is 0 Å². The Balaban J connectivity index is 4.69. The number of nitrogens with two attached hydrogens (primary N) is 2. The van der Waals surface area contributed by atoms with Crippen molar-refractivity contribution >= 4 is 11.9 Å². The Morgan fingerprint density at radius 3 is 2.14 bits per heavy atom. The first kappa shape index (κ1) is 20.7. The van der Waals surface area contributed by atoms with Gasteiger partial charge in [-0.25, -0.2) is 9.59 Å². The zero-order chi connectivity index (χ0) is 17.4. The van der Waals surface area contributed by atoms with Gasteiger partial charge >= 0.3 is 11.9 Å². The quantitative estimate of drug-likeness (QED) is 0.273. The van der Waals surface area contributed by atoms with Crippen molar-refractivity contribution in [2.75, 3.05) is 26.4 Å². The number of carbonyl (C=O) groups excluding carboxylic acids is 1. The number of carbonyl (C=O) groups is 2. The molecule has 0 rings (SSSR count). The van der Waals surface area contributed by atoms with Crippen LogP contribution in [0.1, 0.15) is 27.7 Å². The molecule has 0 heterocycles. The van der Waals surface area contributed by atoms with E-state index in [0.717, 1.165) is 0 Å². The van der Waals surface area contributed by atoms with Gasteiger partial charge in [-0.15, -0.1) is 0 Å². The average Bonchev–Trinajstić information content (AvgIpc) is 2.34. The van der Waals surface area contributed by atoms with Crippen LogP contribution in [0.15, 0.2) is 0 Å². The van der Waals surface area contributed by atoms with E-state index in [9.17, 15) is 9.59 Å². The molecule has 9 heteroatoms. The summed E-state index contributed by atoms with van der Waals surface area (Å²) >= 11 is 0. The Morgan fingerprint density at radius 1 is 1.14 bits per heavy atom. The highest BCUT2D eigenvalue weighted by Gasteiger charge is 2.38. The lowest BCUT2D eigenvalue weighted by molar-refractivity contribution is -0.196. The summed E-state index contributed by atoms with van der Waals surface area (Å²) in [7, 11) is 0. The zero-order valence-electron chi connectivity index (χ0n) is 13.5. The Labute approximate surface area is 129 Å². The zero-order valence-corrected chi connectivity index (χ0v) is 13.5. The highest BCUT2D eigenvalue weighted by Crippen LogP contribution is 2.12. The molecule has 130 valence electrons. The first-order valence-corrected chi connectivity index (χ1v) is 6.87. The molecule has 0 bridgehead atoms. The first-order valence-electron chi connectivity index (χ1n) is 6.87. The molecule has 1 unspecified atom stereocenters. The van der Waals surface area contributed by atoms with Crippen LogP contribution in [0, 0.1) is 0 Å². The van der Waals surface area contributed by atoms with Gasteiger partial charge in [0.15, 0.2) is 6.10 Å². The molecule has 0 fully saturated rings. The van der Waals surface area contributed by atoms with E-state index < -0.39 is 29.5 Å². The Kier molecular flexibility index (Phi) is 8.49. The van der Waals surface area contributed by atoms with E-state index in [4.69, 9.17) is 35.5 Å². The van der Waals surface area contributed by atoms with Gasteiger partial charge in [-0.1, -0.05) is 0 Å². The number of carboxylic acid groups (broad SMARTS) is 1.